The molecule has 4 heteroatoms. The van der Waals surface area contributed by atoms with E-state index >= 15 is 0 Å². The van der Waals surface area contributed by atoms with Gasteiger partial charge in [0.2, 0.25) is 0 Å². The molecular formula is C9H10N2O2. The predicted octanol–water partition coefficient (Wildman–Crippen LogP) is 1.56. The molecule has 1 saturated carbocycles. The normalized spacial score (nSPS) is 15.7. The summed E-state index contributed by atoms with van der Waals surface area (Å²) >= 11 is 0. The van der Waals surface area contributed by atoms with Gasteiger partial charge in [-0.2, -0.15) is 5.10 Å². The van der Waals surface area contributed by atoms with E-state index in [1.54, 1.807) is 0 Å². The Balaban J connectivity index is 2.44. The van der Waals surface area contributed by atoms with Crippen LogP contribution in [0.25, 0.3) is 6.20 Å². The van der Waals surface area contributed by atoms with Crippen LogP contribution in [0.1, 0.15) is 34.8 Å². The van der Waals surface area contributed by atoms with Crippen LogP contribution in [0.15, 0.2) is 12.8 Å². The molecule has 0 aliphatic heterocycles. The standard InChI is InChI=1S/C9H10N2O2/c1-2-11-5-7(9(12)13)8(10-11)6-3-4-6/h2,5-6H,1,3-4H2,(H,12,13). The van der Waals surface area contributed by atoms with E-state index in [0.29, 0.717) is 17.2 Å². The van der Waals surface area contributed by atoms with E-state index in [2.05, 4.69) is 11.7 Å². The Morgan fingerprint density at radius 2 is 2.46 bits per heavy atom. The Morgan fingerprint density at radius 1 is 1.77 bits per heavy atom. The zero-order chi connectivity index (χ0) is 9.42. The molecule has 0 saturated heterocycles. The zero-order valence-corrected chi connectivity index (χ0v) is 7.10. The van der Waals surface area contributed by atoms with Gasteiger partial charge in [0.05, 0.1) is 5.69 Å². The van der Waals surface area contributed by atoms with Crippen molar-refractivity contribution in [2.45, 2.75) is 18.8 Å². The third-order valence-electron chi connectivity index (χ3n) is 2.14. The van der Waals surface area contributed by atoms with E-state index in [0.717, 1.165) is 12.8 Å². The van der Waals surface area contributed by atoms with Crippen LogP contribution in [0.4, 0.5) is 0 Å². The largest absolute Gasteiger partial charge is 0.478 e. The van der Waals surface area contributed by atoms with Crippen LogP contribution in [0.3, 0.4) is 0 Å². The van der Waals surface area contributed by atoms with E-state index in [9.17, 15) is 4.79 Å². The number of hydrogen-bond acceptors (Lipinski definition) is 2. The maximum absolute atomic E-state index is 10.8. The Labute approximate surface area is 75.5 Å². The number of nitrogens with zero attached hydrogens (tertiary/aromatic N) is 2. The van der Waals surface area contributed by atoms with Gasteiger partial charge < -0.3 is 5.11 Å². The lowest BCUT2D eigenvalue weighted by Gasteiger charge is -1.91. The maximum Gasteiger partial charge on any atom is 0.339 e. The van der Waals surface area contributed by atoms with Crippen LogP contribution in [0.2, 0.25) is 0 Å². The first-order chi connectivity index (χ1) is 6.22. The van der Waals surface area contributed by atoms with Gasteiger partial charge >= 0.3 is 5.97 Å². The van der Waals surface area contributed by atoms with Crippen LogP contribution in [-0.4, -0.2) is 20.9 Å². The lowest BCUT2D eigenvalue weighted by atomic mass is 10.2. The second-order valence-corrected chi connectivity index (χ2v) is 3.17. The van der Waals surface area contributed by atoms with Crippen LogP contribution in [0.5, 0.6) is 0 Å². The van der Waals surface area contributed by atoms with Gasteiger partial charge in [-0.3, -0.25) is 0 Å². The Morgan fingerprint density at radius 3 is 2.92 bits per heavy atom. The molecule has 0 spiro atoms. The van der Waals surface area contributed by atoms with Crippen LogP contribution in [-0.2, 0) is 0 Å². The summed E-state index contributed by atoms with van der Waals surface area (Å²) in [5, 5.41) is 13.0. The summed E-state index contributed by atoms with van der Waals surface area (Å²) in [6, 6.07) is 0. The van der Waals surface area contributed by atoms with Gasteiger partial charge in [-0.15, -0.1) is 0 Å². The van der Waals surface area contributed by atoms with Gasteiger partial charge in [-0.1, -0.05) is 6.58 Å². The SMILES string of the molecule is C=Cn1cc(C(=O)O)c(C2CC2)n1. The molecule has 0 aromatic carbocycles. The van der Waals surface area contributed by atoms with Crippen molar-refractivity contribution in [3.05, 3.63) is 24.0 Å². The summed E-state index contributed by atoms with van der Waals surface area (Å²) in [5.74, 6) is -0.553. The molecule has 4 nitrogen and oxygen atoms in total. The molecule has 1 aliphatic rings. The van der Waals surface area contributed by atoms with Crippen molar-refractivity contribution in [3.8, 4) is 0 Å². The number of carboxylic acid groups (broad SMARTS) is 1. The van der Waals surface area contributed by atoms with E-state index in [4.69, 9.17) is 5.11 Å². The van der Waals surface area contributed by atoms with Crippen molar-refractivity contribution in [1.29, 1.82) is 0 Å². The molecule has 0 unspecified atom stereocenters. The second kappa shape index (κ2) is 2.73. The highest BCUT2D eigenvalue weighted by atomic mass is 16.4. The summed E-state index contributed by atoms with van der Waals surface area (Å²) in [6.45, 7) is 3.53. The van der Waals surface area contributed by atoms with Crippen LogP contribution >= 0.6 is 0 Å². The molecule has 1 aromatic rings. The van der Waals surface area contributed by atoms with E-state index in [1.165, 1.54) is 17.1 Å². The van der Waals surface area contributed by atoms with E-state index in [1.807, 2.05) is 0 Å². The molecule has 2 rings (SSSR count). The summed E-state index contributed by atoms with van der Waals surface area (Å²) in [7, 11) is 0. The number of aromatic nitrogens is 2. The molecule has 0 bridgehead atoms. The average Bonchev–Trinajstić information content (AvgIpc) is 2.84. The molecule has 1 aliphatic carbocycles. The molecule has 1 aromatic heterocycles. The first kappa shape index (κ1) is 8.04. The quantitative estimate of drug-likeness (QED) is 0.764. The molecule has 0 radical (unpaired) electrons. The molecule has 0 amide bonds. The molecule has 1 heterocycles. The maximum atomic E-state index is 10.8. The van der Waals surface area contributed by atoms with Crippen LogP contribution in [0, 0.1) is 0 Å². The Hall–Kier alpha value is -1.58. The lowest BCUT2D eigenvalue weighted by molar-refractivity contribution is 0.0695. The minimum atomic E-state index is -0.907. The first-order valence-corrected chi connectivity index (χ1v) is 4.17. The molecule has 1 fully saturated rings. The van der Waals surface area contributed by atoms with E-state index in [-0.39, 0.29) is 0 Å². The topological polar surface area (TPSA) is 55.1 Å². The van der Waals surface area contributed by atoms with Gasteiger partial charge in [-0.25, -0.2) is 9.48 Å². The van der Waals surface area contributed by atoms with Crippen molar-refractivity contribution < 1.29 is 9.90 Å². The highest BCUT2D eigenvalue weighted by molar-refractivity contribution is 5.89. The van der Waals surface area contributed by atoms with Gasteiger partial charge in [-0.05, 0) is 12.8 Å². The number of rotatable bonds is 3. The highest BCUT2D eigenvalue weighted by Gasteiger charge is 2.31. The number of carboxylic acids is 1. The van der Waals surface area contributed by atoms with Gasteiger partial charge in [0.25, 0.3) is 0 Å². The van der Waals surface area contributed by atoms with Gasteiger partial charge in [0.1, 0.15) is 5.56 Å². The van der Waals surface area contributed by atoms with Crippen LogP contribution < -0.4 is 0 Å². The second-order valence-electron chi connectivity index (χ2n) is 3.17. The van der Waals surface area contributed by atoms with Crippen molar-refractivity contribution in [2.24, 2.45) is 0 Å². The molecule has 68 valence electrons. The predicted molar refractivity (Wildman–Crippen MR) is 47.5 cm³/mol. The Kier molecular flexibility index (Phi) is 1.69. The first-order valence-electron chi connectivity index (χ1n) is 4.17. The summed E-state index contributed by atoms with van der Waals surface area (Å²) in [6.07, 6.45) is 5.10. The summed E-state index contributed by atoms with van der Waals surface area (Å²) < 4.78 is 1.46. The molecular weight excluding hydrogens is 168 g/mol. The van der Waals surface area contributed by atoms with Gasteiger partial charge in [0.15, 0.2) is 0 Å². The fraction of sp³-hybridized carbons (Fsp3) is 0.333. The van der Waals surface area contributed by atoms with Crippen molar-refractivity contribution in [3.63, 3.8) is 0 Å². The smallest absolute Gasteiger partial charge is 0.339 e. The zero-order valence-electron chi connectivity index (χ0n) is 7.10. The average molecular weight is 178 g/mol. The van der Waals surface area contributed by atoms with Crippen molar-refractivity contribution >= 4 is 12.2 Å². The molecule has 0 atom stereocenters. The fourth-order valence-corrected chi connectivity index (χ4v) is 1.32. The number of carbonyl (C=O) groups is 1. The monoisotopic (exact) mass is 178 g/mol. The number of aromatic carboxylic acids is 1. The van der Waals surface area contributed by atoms with Crippen molar-refractivity contribution in [1.82, 2.24) is 9.78 Å². The van der Waals surface area contributed by atoms with Gasteiger partial charge in [0, 0.05) is 18.3 Å². The summed E-state index contributed by atoms with van der Waals surface area (Å²) in [5.41, 5.74) is 1.01. The Bertz CT molecular complexity index is 364. The minimum absolute atomic E-state index is 0.308. The van der Waals surface area contributed by atoms with Crippen molar-refractivity contribution in [2.75, 3.05) is 0 Å². The lowest BCUT2D eigenvalue weighted by Crippen LogP contribution is -1.98. The third kappa shape index (κ3) is 1.35. The molecule has 1 N–H and O–H groups in total. The highest BCUT2D eigenvalue weighted by Crippen LogP contribution is 2.40. The third-order valence-corrected chi connectivity index (χ3v) is 2.14. The minimum Gasteiger partial charge on any atom is -0.478 e. The number of hydrogen-bond donors (Lipinski definition) is 1. The van der Waals surface area contributed by atoms with E-state index < -0.39 is 5.97 Å². The summed E-state index contributed by atoms with van der Waals surface area (Å²) in [4.78, 5) is 10.8. The molecule has 13 heavy (non-hydrogen) atoms. The fourth-order valence-electron chi connectivity index (χ4n) is 1.32.